The third-order valence-corrected chi connectivity index (χ3v) is 5.76. The predicted molar refractivity (Wildman–Crippen MR) is 109 cm³/mol. The molecule has 0 aromatic heterocycles. The third-order valence-electron chi connectivity index (χ3n) is 4.40. The Labute approximate surface area is 169 Å². The van der Waals surface area contributed by atoms with Gasteiger partial charge in [0.05, 0.1) is 17.7 Å². The molecule has 152 valence electrons. The van der Waals surface area contributed by atoms with Crippen molar-refractivity contribution in [3.8, 4) is 5.75 Å². The van der Waals surface area contributed by atoms with Gasteiger partial charge < -0.3 is 4.74 Å². The lowest BCUT2D eigenvalue weighted by atomic mass is 9.97. The summed E-state index contributed by atoms with van der Waals surface area (Å²) in [4.78, 5) is 23.8. The van der Waals surface area contributed by atoms with Crippen LogP contribution >= 0.6 is 0 Å². The summed E-state index contributed by atoms with van der Waals surface area (Å²) in [5.74, 6) is -0.0764. The first-order valence-corrected chi connectivity index (χ1v) is 10.5. The van der Waals surface area contributed by atoms with E-state index in [0.29, 0.717) is 30.0 Å². The molecule has 0 spiro atoms. The molecule has 8 nitrogen and oxygen atoms in total. The molecule has 1 saturated carbocycles. The standard InChI is InChI=1S/C20H21N3O5S/c1-28-19-11-3-2-10-18(19)23-29(26,27)17-9-4-6-14(12-17)20(25)22-21-15-7-5-8-16(24)13-15/h2-4,6,9-12,23H,5,7-8,13H2,1H3,(H,22,25). The number of nitrogens with one attached hydrogen (secondary N) is 2. The number of carbonyl (C=O) groups excluding carboxylic acids is 2. The number of hydrazone groups is 1. The molecule has 0 atom stereocenters. The lowest BCUT2D eigenvalue weighted by Gasteiger charge is -2.13. The number of ether oxygens (including phenoxy) is 1. The zero-order valence-corrected chi connectivity index (χ0v) is 16.7. The van der Waals surface area contributed by atoms with Gasteiger partial charge in [-0.3, -0.25) is 14.3 Å². The van der Waals surface area contributed by atoms with Gasteiger partial charge in [-0.15, -0.1) is 0 Å². The maximum atomic E-state index is 12.7. The molecule has 0 bridgehead atoms. The van der Waals surface area contributed by atoms with E-state index < -0.39 is 15.9 Å². The van der Waals surface area contributed by atoms with E-state index in [9.17, 15) is 18.0 Å². The first-order chi connectivity index (χ1) is 13.9. The molecule has 0 saturated heterocycles. The van der Waals surface area contributed by atoms with E-state index in [1.165, 1.54) is 31.4 Å². The number of benzene rings is 2. The second-order valence-electron chi connectivity index (χ2n) is 6.52. The van der Waals surface area contributed by atoms with Crippen molar-refractivity contribution in [2.45, 2.75) is 30.6 Å². The van der Waals surface area contributed by atoms with Gasteiger partial charge in [0.25, 0.3) is 15.9 Å². The molecule has 3 rings (SSSR count). The van der Waals surface area contributed by atoms with Gasteiger partial charge in [0.1, 0.15) is 11.5 Å². The highest BCUT2D eigenvalue weighted by Gasteiger charge is 2.19. The molecule has 1 fully saturated rings. The van der Waals surface area contributed by atoms with E-state index >= 15 is 0 Å². The Bertz CT molecular complexity index is 1060. The molecule has 1 amide bonds. The Morgan fingerprint density at radius 1 is 1.10 bits per heavy atom. The molecule has 0 aliphatic heterocycles. The first kappa shape index (κ1) is 20.5. The van der Waals surface area contributed by atoms with Crippen LogP contribution in [-0.2, 0) is 14.8 Å². The Kier molecular flexibility index (Phi) is 6.28. The number of para-hydroxylation sites is 2. The second-order valence-corrected chi connectivity index (χ2v) is 8.20. The maximum absolute atomic E-state index is 12.7. The Hall–Kier alpha value is -3.20. The Morgan fingerprint density at radius 2 is 1.90 bits per heavy atom. The average Bonchev–Trinajstić information content (AvgIpc) is 2.72. The molecule has 9 heteroatoms. The number of hydrogen-bond donors (Lipinski definition) is 2. The number of methoxy groups -OCH3 is 1. The third kappa shape index (κ3) is 5.20. The zero-order valence-electron chi connectivity index (χ0n) is 15.8. The minimum Gasteiger partial charge on any atom is -0.495 e. The minimum atomic E-state index is -3.94. The van der Waals surface area contributed by atoms with E-state index in [0.717, 1.165) is 6.42 Å². The summed E-state index contributed by atoms with van der Waals surface area (Å²) in [6.07, 6.45) is 2.14. The number of anilines is 1. The van der Waals surface area contributed by atoms with E-state index in [1.54, 1.807) is 24.3 Å². The molecule has 29 heavy (non-hydrogen) atoms. The molecule has 2 aromatic rings. The summed E-state index contributed by atoms with van der Waals surface area (Å²) >= 11 is 0. The van der Waals surface area contributed by atoms with Crippen LogP contribution in [0.2, 0.25) is 0 Å². The van der Waals surface area contributed by atoms with E-state index in [4.69, 9.17) is 4.74 Å². The van der Waals surface area contributed by atoms with Gasteiger partial charge in [0.2, 0.25) is 0 Å². The van der Waals surface area contributed by atoms with Crippen molar-refractivity contribution in [1.29, 1.82) is 0 Å². The lowest BCUT2D eigenvalue weighted by molar-refractivity contribution is -0.118. The van der Waals surface area contributed by atoms with Crippen molar-refractivity contribution in [1.82, 2.24) is 5.43 Å². The highest BCUT2D eigenvalue weighted by Crippen LogP contribution is 2.26. The minimum absolute atomic E-state index is 0.0726. The van der Waals surface area contributed by atoms with E-state index in [2.05, 4.69) is 15.2 Å². The zero-order chi connectivity index (χ0) is 20.9. The average molecular weight is 415 g/mol. The van der Waals surface area contributed by atoms with Crippen molar-refractivity contribution >= 4 is 33.1 Å². The van der Waals surface area contributed by atoms with Crippen LogP contribution in [0.25, 0.3) is 0 Å². The van der Waals surface area contributed by atoms with Gasteiger partial charge in [0.15, 0.2) is 0 Å². The predicted octanol–water partition coefficient (Wildman–Crippen LogP) is 2.72. The van der Waals surface area contributed by atoms with Crippen molar-refractivity contribution < 1.29 is 22.7 Å². The van der Waals surface area contributed by atoms with Crippen LogP contribution in [-0.4, -0.2) is 32.9 Å². The number of nitrogens with zero attached hydrogens (tertiary/aromatic N) is 1. The number of Topliss-reactive ketones (excluding diaryl/α,β-unsaturated/α-hetero) is 1. The fourth-order valence-corrected chi connectivity index (χ4v) is 4.04. The summed E-state index contributed by atoms with van der Waals surface area (Å²) in [6, 6.07) is 12.2. The summed E-state index contributed by atoms with van der Waals surface area (Å²) in [5.41, 5.74) is 3.45. The number of rotatable bonds is 6. The number of carbonyl (C=O) groups is 2. The SMILES string of the molecule is COc1ccccc1NS(=O)(=O)c1cccc(C(=O)NN=C2CCCC(=O)C2)c1. The number of sulfonamides is 1. The summed E-state index contributed by atoms with van der Waals surface area (Å²) in [7, 11) is -2.49. The summed E-state index contributed by atoms with van der Waals surface area (Å²) in [6.45, 7) is 0. The van der Waals surface area contributed by atoms with Crippen LogP contribution in [0.15, 0.2) is 58.5 Å². The van der Waals surface area contributed by atoms with Crippen LogP contribution in [0.3, 0.4) is 0 Å². The van der Waals surface area contributed by atoms with Crippen molar-refractivity contribution in [3.63, 3.8) is 0 Å². The van der Waals surface area contributed by atoms with Gasteiger partial charge in [-0.25, -0.2) is 13.8 Å². The summed E-state index contributed by atoms with van der Waals surface area (Å²) < 4.78 is 33.1. The van der Waals surface area contributed by atoms with Crippen molar-refractivity contribution in [3.05, 3.63) is 54.1 Å². The van der Waals surface area contributed by atoms with Crippen molar-refractivity contribution in [2.75, 3.05) is 11.8 Å². The van der Waals surface area contributed by atoms with Crippen LogP contribution in [0.4, 0.5) is 5.69 Å². The molecule has 1 aliphatic rings. The van der Waals surface area contributed by atoms with Crippen LogP contribution in [0.5, 0.6) is 5.75 Å². The smallest absolute Gasteiger partial charge is 0.271 e. The normalized spacial score (nSPS) is 15.8. The Balaban J connectivity index is 1.76. The molecule has 2 N–H and O–H groups in total. The van der Waals surface area contributed by atoms with Gasteiger partial charge in [-0.1, -0.05) is 18.2 Å². The molecular formula is C20H21N3O5S. The molecule has 0 heterocycles. The molecule has 0 unspecified atom stereocenters. The van der Waals surface area contributed by atoms with E-state index in [1.807, 2.05) is 0 Å². The number of hydrogen-bond acceptors (Lipinski definition) is 6. The molecule has 0 radical (unpaired) electrons. The number of ketones is 1. The first-order valence-electron chi connectivity index (χ1n) is 9.02. The van der Waals surface area contributed by atoms with Crippen LogP contribution in [0, 0.1) is 0 Å². The fourth-order valence-electron chi connectivity index (χ4n) is 2.92. The van der Waals surface area contributed by atoms with E-state index in [-0.39, 0.29) is 22.7 Å². The molecule has 2 aromatic carbocycles. The maximum Gasteiger partial charge on any atom is 0.271 e. The topological polar surface area (TPSA) is 114 Å². The molecular weight excluding hydrogens is 394 g/mol. The van der Waals surface area contributed by atoms with Crippen molar-refractivity contribution in [2.24, 2.45) is 5.10 Å². The Morgan fingerprint density at radius 3 is 2.66 bits per heavy atom. The largest absolute Gasteiger partial charge is 0.495 e. The number of amides is 1. The summed E-state index contributed by atoms with van der Waals surface area (Å²) in [5, 5.41) is 4.01. The highest BCUT2D eigenvalue weighted by molar-refractivity contribution is 7.92. The van der Waals surface area contributed by atoms with Gasteiger partial charge >= 0.3 is 0 Å². The lowest BCUT2D eigenvalue weighted by Crippen LogP contribution is -2.23. The van der Waals surface area contributed by atoms with Gasteiger partial charge in [-0.05, 0) is 43.2 Å². The monoisotopic (exact) mass is 415 g/mol. The van der Waals surface area contributed by atoms with Gasteiger partial charge in [0, 0.05) is 24.1 Å². The fraction of sp³-hybridized carbons (Fsp3) is 0.250. The van der Waals surface area contributed by atoms with Gasteiger partial charge in [-0.2, -0.15) is 5.10 Å². The molecule has 1 aliphatic carbocycles. The van der Waals surface area contributed by atoms with Crippen LogP contribution < -0.4 is 14.9 Å². The quantitative estimate of drug-likeness (QED) is 0.704. The van der Waals surface area contributed by atoms with Crippen LogP contribution in [0.1, 0.15) is 36.0 Å². The second kappa shape index (κ2) is 8.87. The highest BCUT2D eigenvalue weighted by atomic mass is 32.2.